The van der Waals surface area contributed by atoms with E-state index in [9.17, 15) is 34.8 Å². The molecule has 2 aromatic heterocycles. The summed E-state index contributed by atoms with van der Waals surface area (Å²) in [7, 11) is 1.39. The first-order valence-corrected chi connectivity index (χ1v) is 25.0. The van der Waals surface area contributed by atoms with E-state index in [1.165, 1.54) is 20.1 Å². The number of aromatic nitrogens is 2. The van der Waals surface area contributed by atoms with Crippen molar-refractivity contribution >= 4 is 34.0 Å². The number of esters is 1. The van der Waals surface area contributed by atoms with Gasteiger partial charge < -0.3 is 49.7 Å². The van der Waals surface area contributed by atoms with Gasteiger partial charge >= 0.3 is 5.97 Å². The first-order valence-electron chi connectivity index (χ1n) is 25.0. The van der Waals surface area contributed by atoms with Crippen molar-refractivity contribution in [3.05, 3.63) is 149 Å². The first kappa shape index (κ1) is 49.0. The largest absolute Gasteiger partial charge is 0.508 e. The molecular formula is C58H66N4O9. The molecule has 4 bridgehead atoms. The van der Waals surface area contributed by atoms with Crippen molar-refractivity contribution in [1.29, 1.82) is 0 Å². The van der Waals surface area contributed by atoms with Crippen LogP contribution in [0.5, 0.6) is 23.0 Å². The zero-order valence-corrected chi connectivity index (χ0v) is 41.1. The number of ether oxygens (including phenoxy) is 2. The van der Waals surface area contributed by atoms with Gasteiger partial charge in [-0.2, -0.15) is 0 Å². The number of carbonyl (C=O) groups excluding carboxylic acids is 3. The van der Waals surface area contributed by atoms with E-state index >= 15 is 0 Å². The molecule has 0 saturated heterocycles. The van der Waals surface area contributed by atoms with Crippen LogP contribution in [0.2, 0.25) is 0 Å². The third-order valence-electron chi connectivity index (χ3n) is 15.5. The first-order chi connectivity index (χ1) is 34.1. The zero-order valence-electron chi connectivity index (χ0n) is 41.1. The highest BCUT2D eigenvalue weighted by molar-refractivity contribution is 5.98. The third-order valence-corrected chi connectivity index (χ3v) is 15.5. The molecule has 13 nitrogen and oxygen atoms in total. The Morgan fingerprint density at radius 2 is 1.69 bits per heavy atom. The number of allylic oxidation sites excluding steroid dienone is 6. The Morgan fingerprint density at radius 1 is 0.901 bits per heavy atom. The number of aromatic hydroxyl groups is 3. The number of nitrogens with zero attached hydrogens (tertiary/aromatic N) is 2. The Hall–Kier alpha value is -6.99. The topological polar surface area (TPSA) is 187 Å². The number of dihydropyridines is 1. The molecule has 13 heteroatoms. The van der Waals surface area contributed by atoms with E-state index in [1.807, 2.05) is 41.2 Å². The second-order valence-corrected chi connectivity index (χ2v) is 20.2. The lowest BCUT2D eigenvalue weighted by Gasteiger charge is -2.38. The van der Waals surface area contributed by atoms with Gasteiger partial charge in [0.15, 0.2) is 11.5 Å². The molecule has 4 aliphatic rings. The molecule has 2 aliphatic heterocycles. The lowest BCUT2D eigenvalue weighted by atomic mass is 9.66. The number of methoxy groups -OCH3 is 1. The number of Topliss-reactive ketones (excluding diaryl/α,β-unsaturated/α-hetero) is 2. The molecule has 1 fully saturated rings. The van der Waals surface area contributed by atoms with E-state index in [0.29, 0.717) is 57.2 Å². The molecule has 6 N–H and O–H groups in total. The van der Waals surface area contributed by atoms with Crippen molar-refractivity contribution in [2.24, 2.45) is 11.3 Å². The average Bonchev–Trinajstić information content (AvgIpc) is 4.11. The number of ketones is 2. The number of phenols is 3. The highest BCUT2D eigenvalue weighted by Crippen LogP contribution is 2.48. The van der Waals surface area contributed by atoms with Crippen molar-refractivity contribution in [2.75, 3.05) is 25.1 Å². The Balaban J connectivity index is 1.27. The number of hydrogen-bond donors (Lipinski definition) is 6. The van der Waals surface area contributed by atoms with Crippen LogP contribution in [-0.4, -0.2) is 73.8 Å². The minimum Gasteiger partial charge on any atom is -0.508 e. The number of nitrogens with one attached hydrogen (secondary N) is 2. The molecule has 372 valence electrons. The fourth-order valence-corrected chi connectivity index (χ4v) is 11.6. The van der Waals surface area contributed by atoms with Crippen LogP contribution in [0.1, 0.15) is 118 Å². The van der Waals surface area contributed by atoms with Crippen molar-refractivity contribution in [2.45, 2.75) is 115 Å². The van der Waals surface area contributed by atoms with Crippen LogP contribution in [0.3, 0.4) is 0 Å². The lowest BCUT2D eigenvalue weighted by molar-refractivity contribution is -0.148. The maximum Gasteiger partial charge on any atom is 0.302 e. The van der Waals surface area contributed by atoms with Crippen molar-refractivity contribution in [1.82, 2.24) is 14.9 Å². The molecule has 1 saturated carbocycles. The van der Waals surface area contributed by atoms with Crippen LogP contribution in [0.4, 0.5) is 5.69 Å². The monoisotopic (exact) mass is 962 g/mol. The van der Waals surface area contributed by atoms with Gasteiger partial charge in [-0.1, -0.05) is 68.3 Å². The number of fused-ring (bicyclic) bond motifs is 3. The fourth-order valence-electron chi connectivity index (χ4n) is 11.6. The maximum atomic E-state index is 14.8. The molecule has 9 rings (SSSR count). The Kier molecular flexibility index (Phi) is 14.1. The van der Waals surface area contributed by atoms with Gasteiger partial charge in [0.25, 0.3) is 0 Å². The van der Waals surface area contributed by atoms with Crippen LogP contribution < -0.4 is 15.0 Å². The molecule has 3 aromatic carbocycles. The SMILES string of the molecule is COc1cc([C@@H]2CC(=O)C[C@H](OC(C)=O)CC[C@@]3(C=CC=C[C@@H]3C)Cc3c[nH]cc3C[C@@H](c3cccc(O)c3)C3=CCNC(=C3)N(CCC(C)=O)c3ccc(C4(O)CCCC4)c4cn2cc34)cc(O)c1O. The third kappa shape index (κ3) is 10.3. The van der Waals surface area contributed by atoms with Gasteiger partial charge in [0, 0.05) is 80.8 Å². The summed E-state index contributed by atoms with van der Waals surface area (Å²) >= 11 is 0. The van der Waals surface area contributed by atoms with E-state index < -0.39 is 40.6 Å². The number of benzene rings is 3. The van der Waals surface area contributed by atoms with Crippen LogP contribution in [0.25, 0.3) is 10.8 Å². The molecule has 0 amide bonds. The summed E-state index contributed by atoms with van der Waals surface area (Å²) in [5.41, 5.74) is 4.77. The fraction of sp³-hybridized carbons (Fsp3) is 0.397. The highest BCUT2D eigenvalue weighted by Gasteiger charge is 2.39. The van der Waals surface area contributed by atoms with Gasteiger partial charge in [-0.3, -0.25) is 14.4 Å². The van der Waals surface area contributed by atoms with Gasteiger partial charge in [0.2, 0.25) is 5.75 Å². The second-order valence-electron chi connectivity index (χ2n) is 20.2. The molecule has 5 atom stereocenters. The van der Waals surface area contributed by atoms with E-state index in [-0.39, 0.29) is 54.2 Å². The summed E-state index contributed by atoms with van der Waals surface area (Å²) in [6.07, 6.45) is 25.5. The number of aliphatic hydroxyl groups is 1. The average molecular weight is 963 g/mol. The number of phenolic OH excluding ortho intramolecular Hbond substituents is 3. The number of aromatic amines is 1. The summed E-state index contributed by atoms with van der Waals surface area (Å²) in [5.74, 6) is -0.595. The molecule has 0 unspecified atom stereocenters. The molecule has 0 radical (unpaired) electrons. The molecule has 5 aromatic rings. The predicted molar refractivity (Wildman–Crippen MR) is 274 cm³/mol. The zero-order chi connectivity index (χ0) is 50.0. The summed E-state index contributed by atoms with van der Waals surface area (Å²) in [5, 5.41) is 50.3. The van der Waals surface area contributed by atoms with Gasteiger partial charge in [-0.15, -0.1) is 0 Å². The number of rotatable bonds is 8. The number of carbonyl (C=O) groups is 3. The minimum atomic E-state index is -1.11. The Morgan fingerprint density at radius 3 is 2.44 bits per heavy atom. The van der Waals surface area contributed by atoms with E-state index in [2.05, 4.69) is 77.0 Å². The minimum absolute atomic E-state index is 0.0185. The summed E-state index contributed by atoms with van der Waals surface area (Å²) in [4.78, 5) is 46.1. The molecular weight excluding hydrogens is 897 g/mol. The van der Waals surface area contributed by atoms with E-state index in [4.69, 9.17) is 9.47 Å². The van der Waals surface area contributed by atoms with Gasteiger partial charge in [0.1, 0.15) is 29.2 Å². The molecule has 2 aliphatic carbocycles. The maximum absolute atomic E-state index is 14.8. The quantitative estimate of drug-likeness (QED) is 0.0642. The number of anilines is 1. The summed E-state index contributed by atoms with van der Waals surface area (Å²) in [6.45, 7) is 5.97. The Bertz CT molecular complexity index is 2950. The summed E-state index contributed by atoms with van der Waals surface area (Å²) in [6, 6.07) is 13.7. The predicted octanol–water partition coefficient (Wildman–Crippen LogP) is 9.99. The van der Waals surface area contributed by atoms with Gasteiger partial charge in [0.05, 0.1) is 24.4 Å². The van der Waals surface area contributed by atoms with Gasteiger partial charge in [-0.05, 0) is 127 Å². The van der Waals surface area contributed by atoms with Crippen LogP contribution >= 0.6 is 0 Å². The second kappa shape index (κ2) is 20.4. The lowest BCUT2D eigenvalue weighted by Crippen LogP contribution is -2.36. The molecule has 1 spiro atoms. The highest BCUT2D eigenvalue weighted by atomic mass is 16.5. The van der Waals surface area contributed by atoms with Crippen molar-refractivity contribution in [3.63, 3.8) is 0 Å². The van der Waals surface area contributed by atoms with Crippen LogP contribution in [0.15, 0.2) is 121 Å². The van der Waals surface area contributed by atoms with E-state index in [1.54, 1.807) is 19.1 Å². The van der Waals surface area contributed by atoms with Gasteiger partial charge in [-0.25, -0.2) is 0 Å². The van der Waals surface area contributed by atoms with Crippen LogP contribution in [0, 0.1) is 11.3 Å². The Labute approximate surface area is 415 Å². The van der Waals surface area contributed by atoms with Crippen LogP contribution in [-0.2, 0) is 37.6 Å². The van der Waals surface area contributed by atoms with Crippen molar-refractivity contribution < 1.29 is 44.3 Å². The standard InChI is InChI=1S/C58H66N4O9/c1-36-10-5-6-18-57(36)21-15-46(71-38(3)64)29-45(66)30-52(41-26-53(67)56(68)54(27-41)70-4)61-34-48-49(35-61)51(14-13-50(48)58(69)19-7-8-20-58)62(23-17-37(2)63)55-28-40(16-22-60-55)47(39-11-9-12-44(65)24-39)25-42-32-59-33-43(42)31-57/h5-6,9-14,16,18,24,26-28,32-36,46-47,52,59-60,65,67-69H,7-8,15,17,19-23,25,29-31H2,1-4H3/t36-,46+,47-,52-,57-/m0/s1. The smallest absolute Gasteiger partial charge is 0.302 e. The van der Waals surface area contributed by atoms with Crippen molar-refractivity contribution in [3.8, 4) is 23.0 Å². The number of hydrogen-bond acceptors (Lipinski definition) is 11. The van der Waals surface area contributed by atoms with E-state index in [0.717, 1.165) is 62.9 Å². The molecule has 4 heterocycles. The normalized spacial score (nSPS) is 23.7. The molecule has 71 heavy (non-hydrogen) atoms. The number of H-pyrrole nitrogens is 1. The summed E-state index contributed by atoms with van der Waals surface area (Å²) < 4.78 is 13.5.